The molecule has 16 heavy (non-hydrogen) atoms. The van der Waals surface area contributed by atoms with Gasteiger partial charge in [-0.25, -0.2) is 8.78 Å². The van der Waals surface area contributed by atoms with Crippen LogP contribution in [-0.4, -0.2) is 19.3 Å². The molecule has 0 aromatic heterocycles. The van der Waals surface area contributed by atoms with E-state index >= 15 is 0 Å². The molecule has 0 unspecified atom stereocenters. The lowest BCUT2D eigenvalue weighted by molar-refractivity contribution is -0.0813. The van der Waals surface area contributed by atoms with Crippen LogP contribution in [0.25, 0.3) is 0 Å². The third-order valence-corrected chi connectivity index (χ3v) is 2.55. The summed E-state index contributed by atoms with van der Waals surface area (Å²) >= 11 is 0. The minimum absolute atomic E-state index is 0.0511. The zero-order valence-corrected chi connectivity index (χ0v) is 9.13. The maximum Gasteiger partial charge on any atom is 0.165 e. The van der Waals surface area contributed by atoms with E-state index in [1.54, 1.807) is 0 Å². The van der Waals surface area contributed by atoms with Crippen LogP contribution in [0.1, 0.15) is 18.9 Å². The molecule has 0 atom stereocenters. The molecule has 0 radical (unpaired) electrons. The Morgan fingerprint density at radius 2 is 2.00 bits per heavy atom. The summed E-state index contributed by atoms with van der Waals surface area (Å²) in [5.74, 6) is -0.856. The Morgan fingerprint density at radius 1 is 1.31 bits per heavy atom. The fourth-order valence-corrected chi connectivity index (χ4v) is 1.63. The third-order valence-electron chi connectivity index (χ3n) is 2.55. The maximum atomic E-state index is 13.5. The van der Waals surface area contributed by atoms with E-state index in [9.17, 15) is 8.78 Å². The molecule has 0 N–H and O–H groups in total. The normalized spacial score (nSPS) is 15.9. The van der Waals surface area contributed by atoms with Gasteiger partial charge in [0.05, 0.1) is 13.2 Å². The zero-order chi connectivity index (χ0) is 11.5. The number of hydrogen-bond acceptors (Lipinski definition) is 2. The van der Waals surface area contributed by atoms with Crippen molar-refractivity contribution in [2.75, 3.05) is 13.2 Å². The van der Waals surface area contributed by atoms with E-state index in [0.29, 0.717) is 25.2 Å². The van der Waals surface area contributed by atoms with Gasteiger partial charge in [0, 0.05) is 5.56 Å². The summed E-state index contributed by atoms with van der Waals surface area (Å²) < 4.78 is 37.4. The summed E-state index contributed by atoms with van der Waals surface area (Å²) in [7, 11) is 0. The molecule has 1 heterocycles. The molecule has 0 aliphatic carbocycles. The quantitative estimate of drug-likeness (QED) is 0.788. The second-order valence-corrected chi connectivity index (χ2v) is 3.86. The predicted molar refractivity (Wildman–Crippen MR) is 55.6 cm³/mol. The topological polar surface area (TPSA) is 18.5 Å². The third kappa shape index (κ3) is 2.16. The largest absolute Gasteiger partial charge is 0.482 e. The lowest BCUT2D eigenvalue weighted by Crippen LogP contribution is -2.39. The second-order valence-electron chi connectivity index (χ2n) is 3.86. The molecule has 0 spiro atoms. The number of benzene rings is 1. The molecule has 0 bridgehead atoms. The monoisotopic (exact) mass is 228 g/mol. The van der Waals surface area contributed by atoms with Crippen LogP contribution in [0.15, 0.2) is 12.1 Å². The molecule has 88 valence electrons. The van der Waals surface area contributed by atoms with E-state index < -0.39 is 11.6 Å². The molecule has 1 aromatic rings. The Kier molecular flexibility index (Phi) is 3.39. The molecule has 4 heteroatoms. The van der Waals surface area contributed by atoms with Gasteiger partial charge in [-0.05, 0) is 18.6 Å². The Balaban J connectivity index is 2.27. The highest BCUT2D eigenvalue weighted by Gasteiger charge is 2.24. The van der Waals surface area contributed by atoms with Gasteiger partial charge >= 0.3 is 0 Å². The standard InChI is InChI=1S/C12H14F2O2/c1-2-3-9-10(13)4-5-11(14)12(9)16-8-6-15-7-8/h4-5,8H,2-3,6-7H2,1H3. The fourth-order valence-electron chi connectivity index (χ4n) is 1.63. The lowest BCUT2D eigenvalue weighted by atomic mass is 10.1. The van der Waals surface area contributed by atoms with Crippen LogP contribution in [0.5, 0.6) is 5.75 Å². The Morgan fingerprint density at radius 3 is 2.56 bits per heavy atom. The van der Waals surface area contributed by atoms with Crippen molar-refractivity contribution < 1.29 is 18.3 Å². The van der Waals surface area contributed by atoms with Gasteiger partial charge in [0.1, 0.15) is 11.9 Å². The van der Waals surface area contributed by atoms with E-state index in [4.69, 9.17) is 9.47 Å². The Labute approximate surface area is 93.2 Å². The average molecular weight is 228 g/mol. The lowest BCUT2D eigenvalue weighted by Gasteiger charge is -2.28. The maximum absolute atomic E-state index is 13.5. The van der Waals surface area contributed by atoms with Crippen LogP contribution in [0.3, 0.4) is 0 Å². The van der Waals surface area contributed by atoms with Crippen molar-refractivity contribution in [3.8, 4) is 5.75 Å². The first-order valence-electron chi connectivity index (χ1n) is 5.43. The van der Waals surface area contributed by atoms with Gasteiger partial charge in [-0.1, -0.05) is 13.3 Å². The molecule has 1 fully saturated rings. The van der Waals surface area contributed by atoms with Crippen LogP contribution in [0.4, 0.5) is 8.78 Å². The summed E-state index contributed by atoms with van der Waals surface area (Å²) in [5.41, 5.74) is 0.328. The van der Waals surface area contributed by atoms with Crippen molar-refractivity contribution in [1.82, 2.24) is 0 Å². The van der Waals surface area contributed by atoms with Crippen molar-refractivity contribution in [2.45, 2.75) is 25.9 Å². The summed E-state index contributed by atoms with van der Waals surface area (Å²) in [6.07, 6.45) is 1.08. The molecule has 0 saturated carbocycles. The van der Waals surface area contributed by atoms with Crippen molar-refractivity contribution in [2.24, 2.45) is 0 Å². The zero-order valence-electron chi connectivity index (χ0n) is 9.13. The molecular formula is C12H14F2O2. The highest BCUT2D eigenvalue weighted by atomic mass is 19.1. The average Bonchev–Trinajstić information content (AvgIpc) is 2.20. The molecule has 1 saturated heterocycles. The summed E-state index contributed by atoms with van der Waals surface area (Å²) in [6, 6.07) is 2.24. The molecule has 2 rings (SSSR count). The molecule has 1 aromatic carbocycles. The van der Waals surface area contributed by atoms with Gasteiger partial charge in [-0.15, -0.1) is 0 Å². The number of hydrogen-bond donors (Lipinski definition) is 0. The van der Waals surface area contributed by atoms with E-state index in [0.717, 1.165) is 18.6 Å². The van der Waals surface area contributed by atoms with Crippen molar-refractivity contribution in [1.29, 1.82) is 0 Å². The fraction of sp³-hybridized carbons (Fsp3) is 0.500. The van der Waals surface area contributed by atoms with E-state index in [1.165, 1.54) is 0 Å². The van der Waals surface area contributed by atoms with Crippen molar-refractivity contribution in [3.05, 3.63) is 29.3 Å². The van der Waals surface area contributed by atoms with E-state index in [1.807, 2.05) is 6.92 Å². The van der Waals surface area contributed by atoms with E-state index in [-0.39, 0.29) is 11.9 Å². The SMILES string of the molecule is CCCc1c(F)ccc(F)c1OC1COC1. The summed E-state index contributed by atoms with van der Waals surface area (Å²) in [5, 5.41) is 0. The van der Waals surface area contributed by atoms with Crippen molar-refractivity contribution in [3.63, 3.8) is 0 Å². The van der Waals surface area contributed by atoms with Crippen molar-refractivity contribution >= 4 is 0 Å². The molecular weight excluding hydrogens is 214 g/mol. The highest BCUT2D eigenvalue weighted by molar-refractivity contribution is 5.36. The summed E-state index contributed by atoms with van der Waals surface area (Å²) in [6.45, 7) is 2.81. The van der Waals surface area contributed by atoms with Crippen LogP contribution < -0.4 is 4.74 Å². The van der Waals surface area contributed by atoms with Gasteiger partial charge in [0.15, 0.2) is 11.6 Å². The molecule has 1 aliphatic heterocycles. The second kappa shape index (κ2) is 4.78. The first kappa shape index (κ1) is 11.3. The van der Waals surface area contributed by atoms with Crippen LogP contribution in [-0.2, 0) is 11.2 Å². The predicted octanol–water partition coefficient (Wildman–Crippen LogP) is 2.69. The van der Waals surface area contributed by atoms with Crippen LogP contribution >= 0.6 is 0 Å². The van der Waals surface area contributed by atoms with Crippen LogP contribution in [0.2, 0.25) is 0 Å². The smallest absolute Gasteiger partial charge is 0.165 e. The number of halogens is 2. The van der Waals surface area contributed by atoms with Gasteiger partial charge in [0.2, 0.25) is 0 Å². The highest BCUT2D eigenvalue weighted by Crippen LogP contribution is 2.28. The van der Waals surface area contributed by atoms with Gasteiger partial charge in [0.25, 0.3) is 0 Å². The first-order valence-corrected chi connectivity index (χ1v) is 5.43. The summed E-state index contributed by atoms with van der Waals surface area (Å²) in [4.78, 5) is 0. The van der Waals surface area contributed by atoms with E-state index in [2.05, 4.69) is 0 Å². The molecule has 1 aliphatic rings. The van der Waals surface area contributed by atoms with Crippen LogP contribution in [0, 0.1) is 11.6 Å². The van der Waals surface area contributed by atoms with Gasteiger partial charge < -0.3 is 9.47 Å². The number of ether oxygens (including phenoxy) is 2. The minimum Gasteiger partial charge on any atom is -0.482 e. The minimum atomic E-state index is -0.503. The number of rotatable bonds is 4. The van der Waals surface area contributed by atoms with Gasteiger partial charge in [-0.2, -0.15) is 0 Å². The first-order chi connectivity index (χ1) is 7.72. The molecule has 0 amide bonds. The molecule has 2 nitrogen and oxygen atoms in total. The van der Waals surface area contributed by atoms with Gasteiger partial charge in [-0.3, -0.25) is 0 Å². The Bertz CT molecular complexity index is 376. The Hall–Kier alpha value is -1.16.